The zero-order valence-corrected chi connectivity index (χ0v) is 24.3. The van der Waals surface area contributed by atoms with Crippen LogP contribution in [0.3, 0.4) is 0 Å². The summed E-state index contributed by atoms with van der Waals surface area (Å²) in [6, 6.07) is 14.9. The van der Waals surface area contributed by atoms with Gasteiger partial charge in [0, 0.05) is 25.6 Å². The van der Waals surface area contributed by atoms with Crippen LogP contribution in [0.25, 0.3) is 0 Å². The lowest BCUT2D eigenvalue weighted by Crippen LogP contribution is -2.56. The van der Waals surface area contributed by atoms with E-state index in [4.69, 9.17) is 5.73 Å². The number of carbonyl (C=O) groups excluding carboxylic acids is 4. The van der Waals surface area contributed by atoms with Crippen molar-refractivity contribution in [3.05, 3.63) is 71.3 Å². The summed E-state index contributed by atoms with van der Waals surface area (Å²) in [6.07, 6.45) is 3.31. The van der Waals surface area contributed by atoms with E-state index in [0.717, 1.165) is 36.1 Å². The van der Waals surface area contributed by atoms with Gasteiger partial charge in [0.15, 0.2) is 0 Å². The third kappa shape index (κ3) is 6.34. The third-order valence-corrected chi connectivity index (χ3v) is 8.98. The molecule has 1 aliphatic carbocycles. The predicted molar refractivity (Wildman–Crippen MR) is 159 cm³/mol. The van der Waals surface area contributed by atoms with Crippen molar-refractivity contribution >= 4 is 23.6 Å². The highest BCUT2D eigenvalue weighted by molar-refractivity contribution is 5.94. The van der Waals surface area contributed by atoms with E-state index >= 15 is 0 Å². The smallest absolute Gasteiger partial charge is 0.245 e. The standard InChI is InChI=1S/C32H42N6O4/c1-19(33)29(39)36-26(17-23-12-8-14-35-23)32(42)38-18-22(20-9-4-3-5-10-20)16-27(38)31(41)37-28-24-13-7-6-11-21(24)15-25(28)30(40)34-2/h3-7,9-11,13,19,22-23,25-28,35H,8,12,14-18,33H2,1-2H3,(H,34,40)(H,36,39)(H,37,41). The second-order valence-electron chi connectivity index (χ2n) is 11.8. The van der Waals surface area contributed by atoms with Crippen molar-refractivity contribution < 1.29 is 19.2 Å². The van der Waals surface area contributed by atoms with Gasteiger partial charge in [0.1, 0.15) is 12.1 Å². The van der Waals surface area contributed by atoms with Gasteiger partial charge in [-0.25, -0.2) is 0 Å². The number of fused-ring (bicyclic) bond motifs is 1. The first-order chi connectivity index (χ1) is 20.3. The Balaban J connectivity index is 1.42. The van der Waals surface area contributed by atoms with E-state index < -0.39 is 36.0 Å². The summed E-state index contributed by atoms with van der Waals surface area (Å²) in [5, 5.41) is 12.2. The second kappa shape index (κ2) is 13.0. The molecule has 6 N–H and O–H groups in total. The average molecular weight is 575 g/mol. The molecule has 224 valence electrons. The number of nitrogens with one attached hydrogen (secondary N) is 4. The quantitative estimate of drug-likeness (QED) is 0.304. The number of nitrogens with two attached hydrogens (primary N) is 1. The van der Waals surface area contributed by atoms with Crippen molar-refractivity contribution in [3.63, 3.8) is 0 Å². The highest BCUT2D eigenvalue weighted by Gasteiger charge is 2.45. The molecule has 7 atom stereocenters. The maximum Gasteiger partial charge on any atom is 0.245 e. The molecule has 5 rings (SSSR count). The second-order valence-corrected chi connectivity index (χ2v) is 11.8. The van der Waals surface area contributed by atoms with Gasteiger partial charge in [-0.3, -0.25) is 19.2 Å². The highest BCUT2D eigenvalue weighted by Crippen LogP contribution is 2.38. The van der Waals surface area contributed by atoms with E-state index in [2.05, 4.69) is 21.3 Å². The molecule has 0 saturated carbocycles. The molecule has 4 amide bonds. The molecule has 2 aromatic carbocycles. The Labute approximate surface area is 247 Å². The molecule has 2 aliphatic heterocycles. The van der Waals surface area contributed by atoms with Crippen LogP contribution in [0.2, 0.25) is 0 Å². The van der Waals surface area contributed by atoms with Gasteiger partial charge in [0.2, 0.25) is 23.6 Å². The van der Waals surface area contributed by atoms with Crippen LogP contribution >= 0.6 is 0 Å². The van der Waals surface area contributed by atoms with Crippen molar-refractivity contribution in [1.82, 2.24) is 26.2 Å². The Hall–Kier alpha value is -3.76. The van der Waals surface area contributed by atoms with E-state index in [9.17, 15) is 19.2 Å². The van der Waals surface area contributed by atoms with Crippen molar-refractivity contribution in [3.8, 4) is 0 Å². The average Bonchev–Trinajstić information content (AvgIpc) is 3.76. The zero-order chi connectivity index (χ0) is 29.8. The van der Waals surface area contributed by atoms with E-state index in [-0.39, 0.29) is 29.7 Å². The molecule has 10 heteroatoms. The van der Waals surface area contributed by atoms with Gasteiger partial charge < -0.3 is 31.9 Å². The van der Waals surface area contributed by atoms with Crippen LogP contribution in [0.5, 0.6) is 0 Å². The maximum atomic E-state index is 14.2. The molecular formula is C32H42N6O4. The molecule has 2 heterocycles. The molecule has 0 radical (unpaired) electrons. The summed E-state index contributed by atoms with van der Waals surface area (Å²) in [5.74, 6) is -1.62. The Morgan fingerprint density at radius 1 is 1.05 bits per heavy atom. The van der Waals surface area contributed by atoms with Crippen molar-refractivity contribution in [2.45, 2.75) is 75.2 Å². The lowest BCUT2D eigenvalue weighted by atomic mass is 9.95. The topological polar surface area (TPSA) is 146 Å². The van der Waals surface area contributed by atoms with E-state index in [1.54, 1.807) is 18.9 Å². The summed E-state index contributed by atoms with van der Waals surface area (Å²) >= 11 is 0. The Morgan fingerprint density at radius 2 is 1.79 bits per heavy atom. The van der Waals surface area contributed by atoms with Crippen LogP contribution < -0.4 is 27.0 Å². The number of amides is 4. The predicted octanol–water partition coefficient (Wildman–Crippen LogP) is 1.12. The lowest BCUT2D eigenvalue weighted by molar-refractivity contribution is -0.142. The largest absolute Gasteiger partial charge is 0.359 e. The van der Waals surface area contributed by atoms with Gasteiger partial charge in [-0.2, -0.15) is 0 Å². The third-order valence-electron chi connectivity index (χ3n) is 8.98. The number of benzene rings is 2. The maximum absolute atomic E-state index is 14.2. The van der Waals surface area contributed by atoms with Crippen LogP contribution in [0, 0.1) is 5.92 Å². The van der Waals surface area contributed by atoms with Crippen LogP contribution in [0.4, 0.5) is 0 Å². The SMILES string of the molecule is CNC(=O)C1Cc2ccccc2C1NC(=O)C1CC(c2ccccc2)CN1C(=O)C(CC1CCCN1)NC(=O)C(C)N. The van der Waals surface area contributed by atoms with Crippen molar-refractivity contribution in [2.75, 3.05) is 20.1 Å². The number of hydrogen-bond acceptors (Lipinski definition) is 6. The Kier molecular flexibility index (Phi) is 9.23. The molecule has 2 aromatic rings. The van der Waals surface area contributed by atoms with Crippen molar-refractivity contribution in [1.29, 1.82) is 0 Å². The molecule has 42 heavy (non-hydrogen) atoms. The molecule has 3 aliphatic rings. The lowest BCUT2D eigenvalue weighted by Gasteiger charge is -2.31. The zero-order valence-electron chi connectivity index (χ0n) is 24.3. The molecular weight excluding hydrogens is 532 g/mol. The van der Waals surface area contributed by atoms with Crippen LogP contribution in [-0.4, -0.2) is 72.8 Å². The minimum atomic E-state index is -0.810. The van der Waals surface area contributed by atoms with Gasteiger partial charge in [-0.05, 0) is 62.3 Å². The molecule has 0 spiro atoms. The number of carbonyl (C=O) groups is 4. The van der Waals surface area contributed by atoms with Gasteiger partial charge in [-0.15, -0.1) is 0 Å². The summed E-state index contributed by atoms with van der Waals surface area (Å²) in [4.78, 5) is 55.5. The van der Waals surface area contributed by atoms with E-state index in [0.29, 0.717) is 25.8 Å². The van der Waals surface area contributed by atoms with Gasteiger partial charge in [-0.1, -0.05) is 54.6 Å². The summed E-state index contributed by atoms with van der Waals surface area (Å²) in [6.45, 7) is 2.81. The minimum Gasteiger partial charge on any atom is -0.359 e. The summed E-state index contributed by atoms with van der Waals surface area (Å²) < 4.78 is 0. The number of rotatable bonds is 9. The fraction of sp³-hybridized carbons (Fsp3) is 0.500. The Bertz CT molecular complexity index is 1290. The molecule has 2 saturated heterocycles. The molecule has 10 nitrogen and oxygen atoms in total. The molecule has 2 fully saturated rings. The monoisotopic (exact) mass is 574 g/mol. The highest BCUT2D eigenvalue weighted by atomic mass is 16.2. The molecule has 0 bridgehead atoms. The summed E-state index contributed by atoms with van der Waals surface area (Å²) in [7, 11) is 1.60. The van der Waals surface area contributed by atoms with Crippen molar-refractivity contribution in [2.24, 2.45) is 11.7 Å². The van der Waals surface area contributed by atoms with E-state index in [1.807, 2.05) is 54.6 Å². The molecule has 7 unspecified atom stereocenters. The summed E-state index contributed by atoms with van der Waals surface area (Å²) in [5.41, 5.74) is 8.85. The van der Waals surface area contributed by atoms with Crippen LogP contribution in [0.15, 0.2) is 54.6 Å². The van der Waals surface area contributed by atoms with Gasteiger partial charge >= 0.3 is 0 Å². The van der Waals surface area contributed by atoms with E-state index in [1.165, 1.54) is 0 Å². The number of hydrogen-bond donors (Lipinski definition) is 5. The normalized spacial score (nSPS) is 26.3. The first-order valence-corrected chi connectivity index (χ1v) is 15.0. The number of nitrogens with zero attached hydrogens (tertiary/aromatic N) is 1. The van der Waals surface area contributed by atoms with Crippen LogP contribution in [-0.2, 0) is 25.6 Å². The van der Waals surface area contributed by atoms with Gasteiger partial charge in [0.05, 0.1) is 18.0 Å². The molecule has 0 aromatic heterocycles. The first kappa shape index (κ1) is 29.7. The first-order valence-electron chi connectivity index (χ1n) is 15.0. The minimum absolute atomic E-state index is 0.0501. The Morgan fingerprint density at radius 3 is 2.48 bits per heavy atom. The fourth-order valence-electron chi connectivity index (χ4n) is 6.71. The van der Waals surface area contributed by atoms with Crippen LogP contribution in [0.1, 0.15) is 61.3 Å². The number of likely N-dealkylation sites (tertiary alicyclic amines) is 1. The fourth-order valence-corrected chi connectivity index (χ4v) is 6.71. The van der Waals surface area contributed by atoms with Gasteiger partial charge in [0.25, 0.3) is 0 Å².